The van der Waals surface area contributed by atoms with Gasteiger partial charge < -0.3 is 5.32 Å². The zero-order chi connectivity index (χ0) is 22.6. The first kappa shape index (κ1) is 21.8. The van der Waals surface area contributed by atoms with Crippen molar-refractivity contribution >= 4 is 27.3 Å². The minimum absolute atomic E-state index is 0.0840. The van der Waals surface area contributed by atoms with Gasteiger partial charge in [-0.05, 0) is 43.0 Å². The number of nitrogens with one attached hydrogen (secondary N) is 2. The molecule has 9 nitrogen and oxygen atoms in total. The van der Waals surface area contributed by atoms with E-state index in [9.17, 15) is 13.7 Å². The maximum Gasteiger partial charge on any atom is 0.229 e. The molecular formula is C22H25N7O2S. The van der Waals surface area contributed by atoms with Crippen LogP contribution in [0.5, 0.6) is 0 Å². The second-order valence-corrected chi connectivity index (χ2v) is 9.78. The molecule has 0 aliphatic heterocycles. The number of sulfonamides is 1. The normalized spacial score (nSPS) is 15.2. The highest BCUT2D eigenvalue weighted by molar-refractivity contribution is 7.92. The summed E-state index contributed by atoms with van der Waals surface area (Å²) in [6.07, 6.45) is 11.6. The third kappa shape index (κ3) is 5.42. The number of nitrogens with zero attached hydrogens (tertiary/aromatic N) is 5. The molecule has 0 saturated heterocycles. The molecule has 0 spiro atoms. The van der Waals surface area contributed by atoms with Crippen LogP contribution in [-0.4, -0.2) is 34.4 Å². The standard InChI is InChI=1S/C22H25N7O2S/c1-32(30,31)28-19-8-4-7-18(13-19)26-22-24-12-10-20(27-22)17-14-25-29(15-17)21(9-11-23)16-5-2-3-6-16/h4,7-8,10,12-16,21,28H,2-3,5-6,9H2,1H3,(H,24,26,27). The van der Waals surface area contributed by atoms with Crippen molar-refractivity contribution in [2.24, 2.45) is 5.92 Å². The minimum Gasteiger partial charge on any atom is -0.324 e. The summed E-state index contributed by atoms with van der Waals surface area (Å²) in [4.78, 5) is 8.85. The zero-order valence-electron chi connectivity index (χ0n) is 17.8. The second kappa shape index (κ2) is 9.36. The maximum absolute atomic E-state index is 11.5. The highest BCUT2D eigenvalue weighted by Crippen LogP contribution is 2.36. The van der Waals surface area contributed by atoms with Crippen LogP contribution in [0, 0.1) is 17.2 Å². The number of hydrogen-bond donors (Lipinski definition) is 2. The van der Waals surface area contributed by atoms with E-state index in [4.69, 9.17) is 0 Å². The predicted molar refractivity (Wildman–Crippen MR) is 123 cm³/mol. The molecule has 0 bridgehead atoms. The molecule has 2 heterocycles. The molecule has 166 valence electrons. The van der Waals surface area contributed by atoms with Crippen LogP contribution < -0.4 is 10.0 Å². The predicted octanol–water partition coefficient (Wildman–Crippen LogP) is 4.10. The lowest BCUT2D eigenvalue weighted by molar-refractivity contribution is 0.315. The SMILES string of the molecule is CS(=O)(=O)Nc1cccc(Nc2nccc(-c3cnn(C(CC#N)C4CCCC4)c3)n2)c1. The van der Waals surface area contributed by atoms with Crippen LogP contribution in [0.2, 0.25) is 0 Å². The summed E-state index contributed by atoms with van der Waals surface area (Å²) in [5.74, 6) is 0.869. The van der Waals surface area contributed by atoms with E-state index in [0.29, 0.717) is 35.4 Å². The molecule has 1 saturated carbocycles. The summed E-state index contributed by atoms with van der Waals surface area (Å²) in [6, 6.07) is 11.1. The Bertz CT molecular complexity index is 1230. The van der Waals surface area contributed by atoms with Gasteiger partial charge in [0.2, 0.25) is 16.0 Å². The van der Waals surface area contributed by atoms with E-state index in [-0.39, 0.29) is 6.04 Å². The number of anilines is 3. The Labute approximate surface area is 187 Å². The van der Waals surface area contributed by atoms with Gasteiger partial charge in [0.15, 0.2) is 0 Å². The molecule has 1 fully saturated rings. The highest BCUT2D eigenvalue weighted by atomic mass is 32.2. The van der Waals surface area contributed by atoms with Crippen molar-refractivity contribution < 1.29 is 8.42 Å². The van der Waals surface area contributed by atoms with Gasteiger partial charge >= 0.3 is 0 Å². The quantitative estimate of drug-likeness (QED) is 0.528. The zero-order valence-corrected chi connectivity index (χ0v) is 18.6. The third-order valence-corrected chi connectivity index (χ3v) is 6.17. The van der Waals surface area contributed by atoms with Crippen LogP contribution in [0.15, 0.2) is 48.9 Å². The Hall–Kier alpha value is -3.45. The van der Waals surface area contributed by atoms with Crippen LogP contribution in [0.4, 0.5) is 17.3 Å². The van der Waals surface area contributed by atoms with Crippen molar-refractivity contribution in [2.45, 2.75) is 38.1 Å². The van der Waals surface area contributed by atoms with Crippen molar-refractivity contribution in [2.75, 3.05) is 16.3 Å². The van der Waals surface area contributed by atoms with E-state index in [1.165, 1.54) is 12.8 Å². The molecule has 1 atom stereocenters. The van der Waals surface area contributed by atoms with Crippen molar-refractivity contribution in [1.29, 1.82) is 5.26 Å². The fourth-order valence-corrected chi connectivity index (χ4v) is 4.70. The molecule has 0 radical (unpaired) electrons. The van der Waals surface area contributed by atoms with Crippen LogP contribution in [0.1, 0.15) is 38.1 Å². The minimum atomic E-state index is -3.36. The molecule has 10 heteroatoms. The van der Waals surface area contributed by atoms with Crippen molar-refractivity contribution in [3.63, 3.8) is 0 Å². The lowest BCUT2D eigenvalue weighted by Gasteiger charge is -2.21. The first-order valence-electron chi connectivity index (χ1n) is 10.5. The highest BCUT2D eigenvalue weighted by Gasteiger charge is 2.27. The fraction of sp³-hybridized carbons (Fsp3) is 0.364. The lowest BCUT2D eigenvalue weighted by Crippen LogP contribution is -2.17. The van der Waals surface area contributed by atoms with E-state index in [1.807, 2.05) is 16.9 Å². The molecule has 32 heavy (non-hydrogen) atoms. The Morgan fingerprint density at radius 1 is 1.25 bits per heavy atom. The molecule has 4 rings (SSSR count). The molecule has 2 N–H and O–H groups in total. The summed E-state index contributed by atoms with van der Waals surface area (Å²) in [5, 5.41) is 16.9. The summed E-state index contributed by atoms with van der Waals surface area (Å²) in [7, 11) is -3.36. The summed E-state index contributed by atoms with van der Waals surface area (Å²) >= 11 is 0. The van der Waals surface area contributed by atoms with Gasteiger partial charge in [0.25, 0.3) is 0 Å². The molecule has 3 aromatic rings. The van der Waals surface area contributed by atoms with Gasteiger partial charge in [-0.25, -0.2) is 18.4 Å². The molecule has 1 aliphatic rings. The lowest BCUT2D eigenvalue weighted by atomic mass is 9.96. The van der Waals surface area contributed by atoms with E-state index in [2.05, 4.69) is 31.2 Å². The second-order valence-electron chi connectivity index (χ2n) is 8.03. The molecule has 2 aromatic heterocycles. The third-order valence-electron chi connectivity index (χ3n) is 5.56. The number of benzene rings is 1. The Balaban J connectivity index is 1.53. The van der Waals surface area contributed by atoms with Crippen LogP contribution in [0.3, 0.4) is 0 Å². The van der Waals surface area contributed by atoms with Crippen LogP contribution >= 0.6 is 0 Å². The molecule has 1 aliphatic carbocycles. The molecule has 1 unspecified atom stereocenters. The first-order valence-corrected chi connectivity index (χ1v) is 12.4. The Morgan fingerprint density at radius 3 is 2.78 bits per heavy atom. The first-order chi connectivity index (χ1) is 15.4. The van der Waals surface area contributed by atoms with Crippen molar-refractivity contribution in [3.05, 3.63) is 48.9 Å². The van der Waals surface area contributed by atoms with Gasteiger partial charge in [-0.1, -0.05) is 18.9 Å². The largest absolute Gasteiger partial charge is 0.324 e. The summed E-state index contributed by atoms with van der Waals surface area (Å²) < 4.78 is 27.3. The monoisotopic (exact) mass is 451 g/mol. The van der Waals surface area contributed by atoms with Crippen molar-refractivity contribution in [1.82, 2.24) is 19.7 Å². The molecular weight excluding hydrogens is 426 g/mol. The Morgan fingerprint density at radius 2 is 2.03 bits per heavy atom. The average molecular weight is 452 g/mol. The maximum atomic E-state index is 11.5. The van der Waals surface area contributed by atoms with E-state index < -0.39 is 10.0 Å². The topological polar surface area (TPSA) is 126 Å². The number of nitriles is 1. The summed E-state index contributed by atoms with van der Waals surface area (Å²) in [6.45, 7) is 0. The average Bonchev–Trinajstić information content (AvgIpc) is 3.44. The van der Waals surface area contributed by atoms with Crippen LogP contribution in [-0.2, 0) is 10.0 Å². The number of rotatable bonds is 8. The number of hydrogen-bond acceptors (Lipinski definition) is 7. The molecule has 1 aromatic carbocycles. The van der Waals surface area contributed by atoms with Crippen LogP contribution in [0.25, 0.3) is 11.3 Å². The van der Waals surface area contributed by atoms with Gasteiger partial charge in [-0.2, -0.15) is 10.4 Å². The van der Waals surface area contributed by atoms with E-state index >= 15 is 0 Å². The van der Waals surface area contributed by atoms with Crippen molar-refractivity contribution in [3.8, 4) is 17.3 Å². The van der Waals surface area contributed by atoms with E-state index in [1.54, 1.807) is 36.7 Å². The smallest absolute Gasteiger partial charge is 0.229 e. The van der Waals surface area contributed by atoms with Gasteiger partial charge in [-0.15, -0.1) is 0 Å². The van der Waals surface area contributed by atoms with Gasteiger partial charge in [0.05, 0.1) is 42.4 Å². The van der Waals surface area contributed by atoms with Gasteiger partial charge in [-0.3, -0.25) is 9.40 Å². The van der Waals surface area contributed by atoms with Gasteiger partial charge in [0, 0.05) is 23.6 Å². The summed E-state index contributed by atoms with van der Waals surface area (Å²) in [5.41, 5.74) is 2.66. The van der Waals surface area contributed by atoms with E-state index in [0.717, 1.165) is 24.7 Å². The Kier molecular flexibility index (Phi) is 6.37. The number of aromatic nitrogens is 4. The van der Waals surface area contributed by atoms with Gasteiger partial charge in [0.1, 0.15) is 0 Å². The molecule has 0 amide bonds. The fourth-order valence-electron chi connectivity index (χ4n) is 4.15.